The molecule has 0 spiro atoms. The van der Waals surface area contributed by atoms with Gasteiger partial charge in [0.1, 0.15) is 5.75 Å². The third-order valence-electron chi connectivity index (χ3n) is 5.34. The van der Waals surface area contributed by atoms with Gasteiger partial charge in [0, 0.05) is 32.7 Å². The van der Waals surface area contributed by atoms with Crippen LogP contribution in [0.25, 0.3) is 0 Å². The van der Waals surface area contributed by atoms with Crippen LogP contribution in [0.1, 0.15) is 16.7 Å². The van der Waals surface area contributed by atoms with E-state index in [1.165, 1.54) is 5.56 Å². The number of rotatable bonds is 6. The van der Waals surface area contributed by atoms with Gasteiger partial charge >= 0.3 is 0 Å². The Bertz CT molecular complexity index is 888. The van der Waals surface area contributed by atoms with Gasteiger partial charge in [0.15, 0.2) is 0 Å². The van der Waals surface area contributed by atoms with Crippen LogP contribution >= 0.6 is 0 Å². The highest BCUT2D eigenvalue weighted by atomic mass is 32.2. The van der Waals surface area contributed by atoms with Crippen molar-refractivity contribution in [3.05, 3.63) is 59.2 Å². The third-order valence-corrected chi connectivity index (χ3v) is 7.23. The summed E-state index contributed by atoms with van der Waals surface area (Å²) in [6, 6.07) is 13.4. The van der Waals surface area contributed by atoms with Crippen molar-refractivity contribution in [2.45, 2.75) is 25.2 Å². The molecule has 5 nitrogen and oxygen atoms in total. The zero-order valence-electron chi connectivity index (χ0n) is 16.3. The molecule has 0 bridgehead atoms. The molecule has 146 valence electrons. The van der Waals surface area contributed by atoms with Crippen LogP contribution in [-0.2, 0) is 16.4 Å². The number of hydrogen-bond donors (Lipinski definition) is 0. The summed E-state index contributed by atoms with van der Waals surface area (Å²) in [4.78, 5) is 2.71. The molecular weight excluding hydrogens is 360 g/mol. The van der Waals surface area contributed by atoms with Crippen LogP contribution < -0.4 is 4.74 Å². The first-order valence-corrected chi connectivity index (χ1v) is 10.8. The molecular formula is C21H28N2O3S. The van der Waals surface area contributed by atoms with Crippen molar-refractivity contribution in [1.29, 1.82) is 0 Å². The summed E-state index contributed by atoms with van der Waals surface area (Å²) >= 11 is 0. The standard InChI is InChI=1S/C21H28N2O3S/c1-17-8-9-20(16-18(17)2)27(24,25)23-14-12-22(13-15-23)11-10-19-6-4-5-7-21(19)26-3/h4-9,16H,10-15H2,1-3H3. The Balaban J connectivity index is 1.59. The van der Waals surface area contributed by atoms with E-state index in [1.54, 1.807) is 23.5 Å². The smallest absolute Gasteiger partial charge is 0.243 e. The molecule has 0 unspecified atom stereocenters. The van der Waals surface area contributed by atoms with Crippen LogP contribution in [0.4, 0.5) is 0 Å². The largest absolute Gasteiger partial charge is 0.496 e. The molecule has 0 saturated carbocycles. The van der Waals surface area contributed by atoms with Crippen molar-refractivity contribution in [2.75, 3.05) is 39.8 Å². The molecule has 0 aromatic heterocycles. The first-order valence-electron chi connectivity index (χ1n) is 9.33. The third kappa shape index (κ3) is 4.51. The molecule has 0 aliphatic carbocycles. The second kappa shape index (κ2) is 8.42. The fourth-order valence-electron chi connectivity index (χ4n) is 3.40. The molecule has 0 atom stereocenters. The normalized spacial score (nSPS) is 16.4. The van der Waals surface area contributed by atoms with E-state index in [9.17, 15) is 8.42 Å². The lowest BCUT2D eigenvalue weighted by Gasteiger charge is -2.34. The fraction of sp³-hybridized carbons (Fsp3) is 0.429. The van der Waals surface area contributed by atoms with E-state index in [1.807, 2.05) is 38.1 Å². The summed E-state index contributed by atoms with van der Waals surface area (Å²) < 4.78 is 32.8. The van der Waals surface area contributed by atoms with Gasteiger partial charge in [0.2, 0.25) is 10.0 Å². The van der Waals surface area contributed by atoms with Gasteiger partial charge in [-0.05, 0) is 55.2 Å². The fourth-order valence-corrected chi connectivity index (χ4v) is 4.91. The second-order valence-corrected chi connectivity index (χ2v) is 8.99. The van der Waals surface area contributed by atoms with Crippen LogP contribution in [-0.4, -0.2) is 57.5 Å². The molecule has 1 aliphatic heterocycles. The van der Waals surface area contributed by atoms with Gasteiger partial charge in [0.25, 0.3) is 0 Å². The molecule has 2 aromatic carbocycles. The van der Waals surface area contributed by atoms with Crippen molar-refractivity contribution in [2.24, 2.45) is 0 Å². The molecule has 0 N–H and O–H groups in total. The minimum atomic E-state index is -3.42. The summed E-state index contributed by atoms with van der Waals surface area (Å²) in [5.74, 6) is 0.911. The molecule has 1 fully saturated rings. The lowest BCUT2D eigenvalue weighted by Crippen LogP contribution is -2.49. The Morgan fingerprint density at radius 2 is 1.67 bits per heavy atom. The summed E-state index contributed by atoms with van der Waals surface area (Å²) in [6.07, 6.45) is 0.897. The number of sulfonamides is 1. The topological polar surface area (TPSA) is 49.9 Å². The Kier molecular flexibility index (Phi) is 6.19. The average molecular weight is 389 g/mol. The zero-order valence-corrected chi connectivity index (χ0v) is 17.1. The first-order chi connectivity index (χ1) is 12.9. The van der Waals surface area contributed by atoms with Crippen molar-refractivity contribution in [3.63, 3.8) is 0 Å². The molecule has 6 heteroatoms. The molecule has 1 aliphatic rings. The van der Waals surface area contributed by atoms with Crippen LogP contribution in [0, 0.1) is 13.8 Å². The number of hydrogen-bond acceptors (Lipinski definition) is 4. The number of benzene rings is 2. The van der Waals surface area contributed by atoms with Crippen molar-refractivity contribution in [3.8, 4) is 5.75 Å². The minimum Gasteiger partial charge on any atom is -0.496 e. The van der Waals surface area contributed by atoms with E-state index in [0.29, 0.717) is 18.0 Å². The second-order valence-electron chi connectivity index (χ2n) is 7.05. The number of methoxy groups -OCH3 is 1. The monoisotopic (exact) mass is 388 g/mol. The Morgan fingerprint density at radius 3 is 2.33 bits per heavy atom. The summed E-state index contributed by atoms with van der Waals surface area (Å²) in [5, 5.41) is 0. The quantitative estimate of drug-likeness (QED) is 0.764. The van der Waals surface area contributed by atoms with Crippen LogP contribution in [0.5, 0.6) is 5.75 Å². The first kappa shape index (κ1) is 19.9. The summed E-state index contributed by atoms with van der Waals surface area (Å²) in [6.45, 7) is 7.40. The Hall–Kier alpha value is -1.89. The maximum absolute atomic E-state index is 12.9. The van der Waals surface area contributed by atoms with Gasteiger partial charge in [-0.1, -0.05) is 24.3 Å². The van der Waals surface area contributed by atoms with Gasteiger partial charge in [-0.3, -0.25) is 0 Å². The van der Waals surface area contributed by atoms with Gasteiger partial charge in [0.05, 0.1) is 12.0 Å². The van der Waals surface area contributed by atoms with Crippen molar-refractivity contribution >= 4 is 10.0 Å². The van der Waals surface area contributed by atoms with Gasteiger partial charge < -0.3 is 9.64 Å². The summed E-state index contributed by atoms with van der Waals surface area (Å²) in [5.41, 5.74) is 3.30. The lowest BCUT2D eigenvalue weighted by molar-refractivity contribution is 0.190. The van der Waals surface area contributed by atoms with E-state index in [2.05, 4.69) is 11.0 Å². The highest BCUT2D eigenvalue weighted by Gasteiger charge is 2.28. The predicted octanol–water partition coefficient (Wildman–Crippen LogP) is 2.86. The number of aryl methyl sites for hydroxylation is 2. The van der Waals surface area contributed by atoms with Gasteiger partial charge in [-0.25, -0.2) is 8.42 Å². The number of piperazine rings is 1. The average Bonchev–Trinajstić information content (AvgIpc) is 2.69. The van der Waals surface area contributed by atoms with E-state index >= 15 is 0 Å². The molecule has 1 heterocycles. The Morgan fingerprint density at radius 1 is 0.963 bits per heavy atom. The maximum Gasteiger partial charge on any atom is 0.243 e. The van der Waals surface area contributed by atoms with E-state index in [-0.39, 0.29) is 0 Å². The predicted molar refractivity (Wildman–Crippen MR) is 108 cm³/mol. The van der Waals surface area contributed by atoms with Crippen molar-refractivity contribution < 1.29 is 13.2 Å². The van der Waals surface area contributed by atoms with Crippen LogP contribution in [0.15, 0.2) is 47.4 Å². The number of ether oxygens (including phenoxy) is 1. The lowest BCUT2D eigenvalue weighted by atomic mass is 10.1. The number of nitrogens with zero attached hydrogens (tertiary/aromatic N) is 2. The number of para-hydroxylation sites is 1. The highest BCUT2D eigenvalue weighted by molar-refractivity contribution is 7.89. The Labute approximate surface area is 162 Å². The molecule has 3 rings (SSSR count). The van der Waals surface area contributed by atoms with Crippen molar-refractivity contribution in [1.82, 2.24) is 9.21 Å². The van der Waals surface area contributed by atoms with Crippen LogP contribution in [0.3, 0.4) is 0 Å². The van der Waals surface area contributed by atoms with E-state index in [0.717, 1.165) is 42.9 Å². The van der Waals surface area contributed by atoms with Gasteiger partial charge in [-0.2, -0.15) is 4.31 Å². The maximum atomic E-state index is 12.9. The molecule has 0 radical (unpaired) electrons. The highest BCUT2D eigenvalue weighted by Crippen LogP contribution is 2.21. The SMILES string of the molecule is COc1ccccc1CCN1CCN(S(=O)(=O)c2ccc(C)c(C)c2)CC1. The summed E-state index contributed by atoms with van der Waals surface area (Å²) in [7, 11) is -1.73. The van der Waals surface area contributed by atoms with E-state index < -0.39 is 10.0 Å². The zero-order chi connectivity index (χ0) is 19.4. The van der Waals surface area contributed by atoms with Crippen LogP contribution in [0.2, 0.25) is 0 Å². The minimum absolute atomic E-state index is 0.396. The molecule has 1 saturated heterocycles. The molecule has 0 amide bonds. The van der Waals surface area contributed by atoms with E-state index in [4.69, 9.17) is 4.74 Å². The molecule has 27 heavy (non-hydrogen) atoms. The molecule has 2 aromatic rings. The van der Waals surface area contributed by atoms with Gasteiger partial charge in [-0.15, -0.1) is 0 Å².